The molecule has 4 heteroatoms. The Labute approximate surface area is 117 Å². The van der Waals surface area contributed by atoms with Gasteiger partial charge in [0, 0.05) is 24.0 Å². The van der Waals surface area contributed by atoms with Crippen LogP contribution in [-0.2, 0) is 6.42 Å². The molecule has 0 unspecified atom stereocenters. The summed E-state index contributed by atoms with van der Waals surface area (Å²) in [4.78, 5) is 16.0. The normalized spacial score (nSPS) is 10.6. The molecule has 2 aromatic rings. The van der Waals surface area contributed by atoms with Gasteiger partial charge in [0.25, 0.3) is 0 Å². The van der Waals surface area contributed by atoms with Gasteiger partial charge in [-0.1, -0.05) is 30.3 Å². The summed E-state index contributed by atoms with van der Waals surface area (Å²) in [5, 5.41) is 5.84. The average molecular weight is 274 g/mol. The van der Waals surface area contributed by atoms with Gasteiger partial charge in [0.2, 0.25) is 0 Å². The van der Waals surface area contributed by atoms with E-state index in [4.69, 9.17) is 0 Å². The van der Waals surface area contributed by atoms with E-state index >= 15 is 0 Å². The predicted molar refractivity (Wildman–Crippen MR) is 78.8 cm³/mol. The summed E-state index contributed by atoms with van der Waals surface area (Å²) in [6.07, 6.45) is 1.51. The van der Waals surface area contributed by atoms with Crippen LogP contribution in [-0.4, -0.2) is 23.9 Å². The zero-order valence-corrected chi connectivity index (χ0v) is 11.9. The molecule has 1 aromatic heterocycles. The number of nitrogens with one attached hydrogen (secondary N) is 1. The van der Waals surface area contributed by atoms with Crippen molar-refractivity contribution in [1.82, 2.24) is 10.3 Å². The Bertz CT molecular complexity index is 522. The maximum Gasteiger partial charge on any atom is 0.192 e. The molecule has 0 aliphatic heterocycles. The standard InChI is InChI=1S/C15H18N2OS/c1-12-11-19-15(17-12)14(18)8-10-16-9-7-13-5-3-2-4-6-13/h2-6,11,16H,7-10H2,1H3. The highest BCUT2D eigenvalue weighted by molar-refractivity contribution is 7.11. The lowest BCUT2D eigenvalue weighted by molar-refractivity contribution is 0.0982. The van der Waals surface area contributed by atoms with Gasteiger partial charge in [-0.2, -0.15) is 0 Å². The highest BCUT2D eigenvalue weighted by Gasteiger charge is 2.08. The number of ketones is 1. The van der Waals surface area contributed by atoms with E-state index in [9.17, 15) is 4.79 Å². The lowest BCUT2D eigenvalue weighted by Crippen LogP contribution is -2.21. The first-order chi connectivity index (χ1) is 9.25. The number of hydrogen-bond donors (Lipinski definition) is 1. The number of Topliss-reactive ketones (excluding diaryl/α,β-unsaturated/α-hetero) is 1. The molecule has 100 valence electrons. The molecule has 0 fully saturated rings. The topological polar surface area (TPSA) is 42.0 Å². The van der Waals surface area contributed by atoms with E-state index in [-0.39, 0.29) is 5.78 Å². The van der Waals surface area contributed by atoms with Gasteiger partial charge in [0.15, 0.2) is 10.8 Å². The van der Waals surface area contributed by atoms with Crippen molar-refractivity contribution < 1.29 is 4.79 Å². The smallest absolute Gasteiger partial charge is 0.192 e. The van der Waals surface area contributed by atoms with Crippen LogP contribution in [0.25, 0.3) is 0 Å². The maximum atomic E-state index is 11.8. The molecule has 0 amide bonds. The zero-order chi connectivity index (χ0) is 13.5. The molecule has 1 N–H and O–H groups in total. The van der Waals surface area contributed by atoms with Crippen molar-refractivity contribution in [3.8, 4) is 0 Å². The molecule has 0 saturated heterocycles. The average Bonchev–Trinajstić information content (AvgIpc) is 2.86. The van der Waals surface area contributed by atoms with Crippen LogP contribution in [0.15, 0.2) is 35.7 Å². The SMILES string of the molecule is Cc1csc(C(=O)CCNCCc2ccccc2)n1. The van der Waals surface area contributed by atoms with Crippen molar-refractivity contribution in [3.05, 3.63) is 52.0 Å². The Morgan fingerprint density at radius 2 is 2.05 bits per heavy atom. The van der Waals surface area contributed by atoms with Gasteiger partial charge in [-0.15, -0.1) is 11.3 Å². The lowest BCUT2D eigenvalue weighted by Gasteiger charge is -2.03. The third kappa shape index (κ3) is 4.58. The molecule has 0 aliphatic carbocycles. The summed E-state index contributed by atoms with van der Waals surface area (Å²) in [5.41, 5.74) is 2.24. The monoisotopic (exact) mass is 274 g/mol. The molecule has 0 atom stereocenters. The summed E-state index contributed by atoms with van der Waals surface area (Å²) in [7, 11) is 0. The molecule has 19 heavy (non-hydrogen) atoms. The van der Waals surface area contributed by atoms with Crippen molar-refractivity contribution in [2.24, 2.45) is 0 Å². The fourth-order valence-electron chi connectivity index (χ4n) is 1.79. The van der Waals surface area contributed by atoms with E-state index in [1.807, 2.05) is 30.5 Å². The fourth-order valence-corrected chi connectivity index (χ4v) is 2.56. The minimum absolute atomic E-state index is 0.130. The predicted octanol–water partition coefficient (Wildman–Crippen LogP) is 2.86. The van der Waals surface area contributed by atoms with E-state index in [2.05, 4.69) is 22.4 Å². The second-order valence-corrected chi connectivity index (χ2v) is 5.31. The van der Waals surface area contributed by atoms with E-state index in [1.54, 1.807) is 0 Å². The summed E-state index contributed by atoms with van der Waals surface area (Å²) in [5.74, 6) is 0.130. The second-order valence-electron chi connectivity index (χ2n) is 4.45. The number of rotatable bonds is 7. The van der Waals surface area contributed by atoms with E-state index < -0.39 is 0 Å². The molecule has 1 heterocycles. The first-order valence-corrected chi connectivity index (χ1v) is 7.33. The summed E-state index contributed by atoms with van der Waals surface area (Å²) in [6, 6.07) is 10.3. The highest BCUT2D eigenvalue weighted by atomic mass is 32.1. The Balaban J connectivity index is 1.63. The van der Waals surface area contributed by atoms with Crippen LogP contribution in [0.3, 0.4) is 0 Å². The van der Waals surface area contributed by atoms with Gasteiger partial charge in [-0.25, -0.2) is 4.98 Å². The van der Waals surface area contributed by atoms with Gasteiger partial charge < -0.3 is 5.32 Å². The zero-order valence-electron chi connectivity index (χ0n) is 11.1. The van der Waals surface area contributed by atoms with Gasteiger partial charge >= 0.3 is 0 Å². The van der Waals surface area contributed by atoms with Crippen LogP contribution in [0.2, 0.25) is 0 Å². The number of benzene rings is 1. The third-order valence-corrected chi connectivity index (χ3v) is 3.82. The minimum Gasteiger partial charge on any atom is -0.316 e. The summed E-state index contributed by atoms with van der Waals surface area (Å²) >= 11 is 1.43. The molecule has 0 radical (unpaired) electrons. The molecular formula is C15H18N2OS. The minimum atomic E-state index is 0.130. The van der Waals surface area contributed by atoms with E-state index in [0.717, 1.165) is 18.7 Å². The fraction of sp³-hybridized carbons (Fsp3) is 0.333. The Morgan fingerprint density at radius 3 is 2.74 bits per heavy atom. The largest absolute Gasteiger partial charge is 0.316 e. The Kier molecular flexibility index (Phi) is 5.24. The van der Waals surface area contributed by atoms with Crippen LogP contribution in [0.4, 0.5) is 0 Å². The van der Waals surface area contributed by atoms with Gasteiger partial charge in [0.05, 0.1) is 0 Å². The Morgan fingerprint density at radius 1 is 1.26 bits per heavy atom. The number of aromatic nitrogens is 1. The quantitative estimate of drug-likeness (QED) is 0.623. The summed E-state index contributed by atoms with van der Waals surface area (Å²) in [6.45, 7) is 3.52. The number of aryl methyl sites for hydroxylation is 1. The second kappa shape index (κ2) is 7.16. The number of carbonyl (C=O) groups is 1. The van der Waals surface area contributed by atoms with Gasteiger partial charge in [-0.3, -0.25) is 4.79 Å². The molecule has 0 aliphatic rings. The van der Waals surface area contributed by atoms with Crippen LogP contribution in [0.5, 0.6) is 0 Å². The first-order valence-electron chi connectivity index (χ1n) is 6.45. The molecule has 1 aromatic carbocycles. The molecule has 2 rings (SSSR count). The van der Waals surface area contributed by atoms with Crippen molar-refractivity contribution in [2.75, 3.05) is 13.1 Å². The van der Waals surface area contributed by atoms with Crippen LogP contribution < -0.4 is 5.32 Å². The summed E-state index contributed by atoms with van der Waals surface area (Å²) < 4.78 is 0. The van der Waals surface area contributed by atoms with Crippen LogP contribution in [0, 0.1) is 6.92 Å². The first kappa shape index (κ1) is 13.9. The van der Waals surface area contributed by atoms with E-state index in [0.29, 0.717) is 18.0 Å². The number of thiazole rings is 1. The molecule has 0 spiro atoms. The number of carbonyl (C=O) groups excluding carboxylic acids is 1. The highest BCUT2D eigenvalue weighted by Crippen LogP contribution is 2.10. The van der Waals surface area contributed by atoms with Crippen LogP contribution in [0.1, 0.15) is 27.5 Å². The third-order valence-electron chi connectivity index (χ3n) is 2.82. The maximum absolute atomic E-state index is 11.8. The molecule has 3 nitrogen and oxygen atoms in total. The van der Waals surface area contributed by atoms with Crippen molar-refractivity contribution >= 4 is 17.1 Å². The van der Waals surface area contributed by atoms with Crippen molar-refractivity contribution in [2.45, 2.75) is 19.8 Å². The van der Waals surface area contributed by atoms with Gasteiger partial charge in [-0.05, 0) is 25.5 Å². The van der Waals surface area contributed by atoms with Gasteiger partial charge in [0.1, 0.15) is 0 Å². The molecule has 0 saturated carbocycles. The van der Waals surface area contributed by atoms with Crippen LogP contribution >= 0.6 is 11.3 Å². The van der Waals surface area contributed by atoms with Crippen molar-refractivity contribution in [3.63, 3.8) is 0 Å². The molecular weight excluding hydrogens is 256 g/mol. The molecule has 0 bridgehead atoms. The lowest BCUT2D eigenvalue weighted by atomic mass is 10.1. The van der Waals surface area contributed by atoms with E-state index in [1.165, 1.54) is 16.9 Å². The van der Waals surface area contributed by atoms with Crippen molar-refractivity contribution in [1.29, 1.82) is 0 Å². The number of hydrogen-bond acceptors (Lipinski definition) is 4. The Hall–Kier alpha value is -1.52. The number of nitrogens with zero attached hydrogens (tertiary/aromatic N) is 1.